The van der Waals surface area contributed by atoms with Crippen LogP contribution in [0, 0.1) is 10.1 Å². The van der Waals surface area contributed by atoms with Crippen molar-refractivity contribution in [2.75, 3.05) is 0 Å². The van der Waals surface area contributed by atoms with E-state index in [1.807, 2.05) is 0 Å². The van der Waals surface area contributed by atoms with Crippen molar-refractivity contribution in [2.45, 2.75) is 12.6 Å². The van der Waals surface area contributed by atoms with Gasteiger partial charge in [-0.25, -0.2) is 8.78 Å². The van der Waals surface area contributed by atoms with Crippen molar-refractivity contribution >= 4 is 21.6 Å². The van der Waals surface area contributed by atoms with Crippen molar-refractivity contribution in [1.29, 1.82) is 0 Å². The van der Waals surface area contributed by atoms with Crippen LogP contribution in [0.1, 0.15) is 17.6 Å². The van der Waals surface area contributed by atoms with E-state index in [0.717, 1.165) is 0 Å². The lowest BCUT2D eigenvalue weighted by Gasteiger charge is -2.10. The zero-order valence-corrected chi connectivity index (χ0v) is 9.35. The van der Waals surface area contributed by atoms with E-state index in [2.05, 4.69) is 15.9 Å². The minimum absolute atomic E-state index is 0.220. The smallest absolute Gasteiger partial charge is 0.258 e. The summed E-state index contributed by atoms with van der Waals surface area (Å²) in [6.07, 6.45) is -8.09. The predicted molar refractivity (Wildman–Crippen MR) is 50.8 cm³/mol. The molecule has 0 radical (unpaired) electrons. The third kappa shape index (κ3) is 2.90. The van der Waals surface area contributed by atoms with Crippen LogP contribution in [-0.4, -0.2) is 4.92 Å². The summed E-state index contributed by atoms with van der Waals surface area (Å²) in [6, 6.07) is 0.497. The normalized spacial score (nSPS) is 11.9. The van der Waals surface area contributed by atoms with E-state index in [1.165, 1.54) is 0 Å². The minimum atomic E-state index is -4.98. The van der Waals surface area contributed by atoms with Crippen LogP contribution in [-0.2, 0) is 6.18 Å². The summed E-state index contributed by atoms with van der Waals surface area (Å²) in [7, 11) is 0. The molecule has 1 aromatic rings. The van der Waals surface area contributed by atoms with Crippen molar-refractivity contribution in [3.05, 3.63) is 37.8 Å². The molecule has 0 unspecified atom stereocenters. The largest absolute Gasteiger partial charge is 0.423 e. The average Bonchev–Trinajstić information content (AvgIpc) is 2.14. The highest BCUT2D eigenvalue weighted by molar-refractivity contribution is 9.10. The molecule has 17 heavy (non-hydrogen) atoms. The SMILES string of the molecule is O=[N+]([O-])c1cc(C(F)F)c(Br)cc1C(F)(F)F. The maximum Gasteiger partial charge on any atom is 0.423 e. The molecular formula is C8H3BrF5NO2. The van der Waals surface area contributed by atoms with Gasteiger partial charge in [0, 0.05) is 16.1 Å². The number of alkyl halides is 5. The van der Waals surface area contributed by atoms with Gasteiger partial charge < -0.3 is 0 Å². The van der Waals surface area contributed by atoms with Gasteiger partial charge in [-0.05, 0) is 6.07 Å². The number of nitro benzene ring substituents is 1. The summed E-state index contributed by atoms with van der Waals surface area (Å²) in [5.41, 5.74) is -3.82. The number of nitro groups is 1. The van der Waals surface area contributed by atoms with Crippen LogP contribution in [0.5, 0.6) is 0 Å². The summed E-state index contributed by atoms with van der Waals surface area (Å²) in [5, 5.41) is 10.4. The molecule has 0 saturated heterocycles. The topological polar surface area (TPSA) is 43.1 Å². The van der Waals surface area contributed by atoms with Crippen LogP contribution in [0.3, 0.4) is 0 Å². The van der Waals surface area contributed by atoms with Crippen LogP contribution < -0.4 is 0 Å². The molecule has 0 aliphatic carbocycles. The Labute approximate surface area is 99.5 Å². The third-order valence-corrected chi connectivity index (χ3v) is 2.54. The van der Waals surface area contributed by atoms with Crippen molar-refractivity contribution in [3.8, 4) is 0 Å². The van der Waals surface area contributed by atoms with E-state index in [4.69, 9.17) is 0 Å². The summed E-state index contributed by atoms with van der Waals surface area (Å²) < 4.78 is 61.4. The molecule has 94 valence electrons. The molecule has 0 N–H and O–H groups in total. The Balaban J connectivity index is 3.53. The fraction of sp³-hybridized carbons (Fsp3) is 0.250. The first-order chi connectivity index (χ1) is 7.64. The molecule has 0 spiro atoms. The van der Waals surface area contributed by atoms with E-state index in [1.54, 1.807) is 0 Å². The Morgan fingerprint density at radius 3 is 2.18 bits per heavy atom. The first-order valence-electron chi connectivity index (χ1n) is 3.97. The number of hydrogen-bond donors (Lipinski definition) is 0. The number of hydrogen-bond acceptors (Lipinski definition) is 2. The van der Waals surface area contributed by atoms with Crippen LogP contribution in [0.15, 0.2) is 16.6 Å². The highest BCUT2D eigenvalue weighted by Gasteiger charge is 2.39. The average molecular weight is 320 g/mol. The van der Waals surface area contributed by atoms with Crippen LogP contribution in [0.4, 0.5) is 27.6 Å². The Hall–Kier alpha value is -1.25. The lowest BCUT2D eigenvalue weighted by molar-refractivity contribution is -0.388. The van der Waals surface area contributed by atoms with Gasteiger partial charge in [0.25, 0.3) is 12.1 Å². The highest BCUT2D eigenvalue weighted by atomic mass is 79.9. The fourth-order valence-electron chi connectivity index (χ4n) is 1.12. The maximum absolute atomic E-state index is 12.4. The monoisotopic (exact) mass is 319 g/mol. The Kier molecular flexibility index (Phi) is 3.70. The molecular weight excluding hydrogens is 317 g/mol. The van der Waals surface area contributed by atoms with Gasteiger partial charge in [-0.3, -0.25) is 10.1 Å². The molecule has 0 amide bonds. The third-order valence-electron chi connectivity index (χ3n) is 1.85. The van der Waals surface area contributed by atoms with Gasteiger partial charge in [0.1, 0.15) is 5.56 Å². The first-order valence-corrected chi connectivity index (χ1v) is 4.77. The van der Waals surface area contributed by atoms with Crippen molar-refractivity contribution in [2.24, 2.45) is 0 Å². The molecule has 0 aromatic heterocycles. The van der Waals surface area contributed by atoms with Crippen LogP contribution in [0.25, 0.3) is 0 Å². The van der Waals surface area contributed by atoms with Crippen LogP contribution in [0.2, 0.25) is 0 Å². The molecule has 0 heterocycles. The molecule has 1 rings (SSSR count). The van der Waals surface area contributed by atoms with E-state index < -0.39 is 38.8 Å². The zero-order chi connectivity index (χ0) is 13.4. The standard InChI is InChI=1S/C8H3BrF5NO2/c9-5-2-4(8(12,13)14)6(15(16)17)1-3(5)7(10)11/h1-2,7H. The molecule has 0 saturated carbocycles. The fourth-order valence-corrected chi connectivity index (χ4v) is 1.64. The van der Waals surface area contributed by atoms with Crippen LogP contribution >= 0.6 is 15.9 Å². The number of nitrogens with zero attached hydrogens (tertiary/aromatic N) is 1. The van der Waals surface area contributed by atoms with Crippen molar-refractivity contribution in [1.82, 2.24) is 0 Å². The van der Waals surface area contributed by atoms with Gasteiger partial charge in [-0.2, -0.15) is 13.2 Å². The zero-order valence-electron chi connectivity index (χ0n) is 7.76. The predicted octanol–water partition coefficient (Wildman–Crippen LogP) is 4.31. The molecule has 0 aliphatic heterocycles. The Morgan fingerprint density at radius 1 is 1.29 bits per heavy atom. The molecule has 0 fully saturated rings. The van der Waals surface area contributed by atoms with Crippen molar-refractivity contribution in [3.63, 3.8) is 0 Å². The summed E-state index contributed by atoms with van der Waals surface area (Å²) in [6.45, 7) is 0. The molecule has 1 aromatic carbocycles. The molecule has 0 bridgehead atoms. The second-order valence-corrected chi connectivity index (χ2v) is 3.80. The van der Waals surface area contributed by atoms with E-state index >= 15 is 0 Å². The quantitative estimate of drug-likeness (QED) is 0.463. The van der Waals surface area contributed by atoms with Gasteiger partial charge in [-0.15, -0.1) is 0 Å². The van der Waals surface area contributed by atoms with E-state index in [0.29, 0.717) is 0 Å². The van der Waals surface area contributed by atoms with Gasteiger partial charge in [-0.1, -0.05) is 15.9 Å². The lowest BCUT2D eigenvalue weighted by atomic mass is 10.1. The first kappa shape index (κ1) is 13.8. The highest BCUT2D eigenvalue weighted by Crippen LogP contribution is 2.41. The van der Waals surface area contributed by atoms with E-state index in [9.17, 15) is 32.1 Å². The van der Waals surface area contributed by atoms with Gasteiger partial charge >= 0.3 is 6.18 Å². The molecule has 0 aliphatic rings. The number of halogens is 6. The second kappa shape index (κ2) is 4.55. The minimum Gasteiger partial charge on any atom is -0.258 e. The maximum atomic E-state index is 12.4. The molecule has 3 nitrogen and oxygen atoms in total. The Bertz CT molecular complexity index is 460. The molecule has 0 atom stereocenters. The number of benzene rings is 1. The Morgan fingerprint density at radius 2 is 1.82 bits per heavy atom. The summed E-state index contributed by atoms with van der Waals surface area (Å²) in [4.78, 5) is 9.05. The van der Waals surface area contributed by atoms with Gasteiger partial charge in [0.15, 0.2) is 0 Å². The number of rotatable bonds is 2. The lowest BCUT2D eigenvalue weighted by Crippen LogP contribution is -2.10. The summed E-state index contributed by atoms with van der Waals surface area (Å²) in [5.74, 6) is 0. The van der Waals surface area contributed by atoms with Crippen molar-refractivity contribution < 1.29 is 26.9 Å². The van der Waals surface area contributed by atoms with Gasteiger partial charge in [0.2, 0.25) is 0 Å². The summed E-state index contributed by atoms with van der Waals surface area (Å²) >= 11 is 2.52. The van der Waals surface area contributed by atoms with E-state index in [-0.39, 0.29) is 12.1 Å². The van der Waals surface area contributed by atoms with Gasteiger partial charge in [0.05, 0.1) is 4.92 Å². The molecule has 9 heteroatoms. The second-order valence-electron chi connectivity index (χ2n) is 2.95.